The summed E-state index contributed by atoms with van der Waals surface area (Å²) in [5.41, 5.74) is 2.60. The second-order valence-corrected chi connectivity index (χ2v) is 9.48. The number of pyridine rings is 1. The number of methoxy groups -OCH3 is 1. The normalized spacial score (nSPS) is 26.8. The Balaban J connectivity index is 1.57. The average molecular weight is 387 g/mol. The summed E-state index contributed by atoms with van der Waals surface area (Å²) >= 11 is 0. The molecule has 156 valence electrons. The Hall–Kier alpha value is -1.13. The van der Waals surface area contributed by atoms with Gasteiger partial charge in [-0.25, -0.2) is 0 Å². The molecule has 1 saturated carbocycles. The lowest BCUT2D eigenvalue weighted by atomic mass is 9.80. The van der Waals surface area contributed by atoms with Gasteiger partial charge in [-0.2, -0.15) is 0 Å². The van der Waals surface area contributed by atoms with E-state index in [9.17, 15) is 4.79 Å². The second-order valence-electron chi connectivity index (χ2n) is 9.48. The molecule has 0 radical (unpaired) electrons. The van der Waals surface area contributed by atoms with Crippen molar-refractivity contribution in [2.45, 2.75) is 83.3 Å². The summed E-state index contributed by atoms with van der Waals surface area (Å²) < 4.78 is 8.04. The molecule has 4 nitrogen and oxygen atoms in total. The topological polar surface area (TPSA) is 34.5 Å². The van der Waals surface area contributed by atoms with Crippen molar-refractivity contribution in [3.8, 4) is 0 Å². The quantitative estimate of drug-likeness (QED) is 0.636. The van der Waals surface area contributed by atoms with E-state index >= 15 is 0 Å². The third-order valence-corrected chi connectivity index (χ3v) is 7.39. The van der Waals surface area contributed by atoms with Gasteiger partial charge in [0.2, 0.25) is 0 Å². The zero-order valence-electron chi connectivity index (χ0n) is 17.9. The van der Waals surface area contributed by atoms with Crippen molar-refractivity contribution in [1.82, 2.24) is 9.47 Å². The van der Waals surface area contributed by atoms with E-state index < -0.39 is 0 Å². The highest BCUT2D eigenvalue weighted by Crippen LogP contribution is 2.39. The van der Waals surface area contributed by atoms with Crippen molar-refractivity contribution in [3.05, 3.63) is 33.7 Å². The number of aromatic nitrogens is 1. The van der Waals surface area contributed by atoms with Gasteiger partial charge < -0.3 is 14.2 Å². The van der Waals surface area contributed by atoms with Crippen molar-refractivity contribution >= 4 is 0 Å². The Morgan fingerprint density at radius 2 is 1.93 bits per heavy atom. The molecule has 3 unspecified atom stereocenters. The number of piperidine rings is 1. The maximum absolute atomic E-state index is 13.0. The molecule has 0 aromatic carbocycles. The van der Waals surface area contributed by atoms with Crippen LogP contribution in [0.2, 0.25) is 0 Å². The Morgan fingerprint density at radius 1 is 1.11 bits per heavy atom. The van der Waals surface area contributed by atoms with Crippen molar-refractivity contribution < 1.29 is 4.74 Å². The maximum atomic E-state index is 13.0. The predicted molar refractivity (Wildman–Crippen MR) is 114 cm³/mol. The van der Waals surface area contributed by atoms with Crippen LogP contribution in [0.5, 0.6) is 0 Å². The SMILES string of the molecule is CCCCCN1CC2CC(C1)c1cc(C(OC)C3CCCCC3)cc(=O)n1C2. The van der Waals surface area contributed by atoms with E-state index in [2.05, 4.69) is 22.5 Å². The summed E-state index contributed by atoms with van der Waals surface area (Å²) in [4.78, 5) is 15.7. The van der Waals surface area contributed by atoms with Crippen LogP contribution < -0.4 is 5.56 Å². The number of rotatable bonds is 7. The maximum Gasteiger partial charge on any atom is 0.251 e. The van der Waals surface area contributed by atoms with Crippen LogP contribution >= 0.6 is 0 Å². The molecule has 3 aliphatic rings. The highest BCUT2D eigenvalue weighted by atomic mass is 16.5. The Morgan fingerprint density at radius 3 is 2.68 bits per heavy atom. The average Bonchev–Trinajstić information content (AvgIpc) is 2.71. The van der Waals surface area contributed by atoms with Gasteiger partial charge in [-0.05, 0) is 55.7 Å². The highest BCUT2D eigenvalue weighted by Gasteiger charge is 2.35. The third-order valence-electron chi connectivity index (χ3n) is 7.39. The van der Waals surface area contributed by atoms with E-state index in [4.69, 9.17) is 4.74 Å². The van der Waals surface area contributed by atoms with E-state index in [1.165, 1.54) is 70.0 Å². The third kappa shape index (κ3) is 4.23. The highest BCUT2D eigenvalue weighted by molar-refractivity contribution is 5.26. The second kappa shape index (κ2) is 9.13. The van der Waals surface area contributed by atoms with Gasteiger partial charge in [-0.1, -0.05) is 39.0 Å². The monoisotopic (exact) mass is 386 g/mol. The summed E-state index contributed by atoms with van der Waals surface area (Å²) in [6.45, 7) is 6.66. The molecule has 2 aliphatic heterocycles. The van der Waals surface area contributed by atoms with Gasteiger partial charge in [0.15, 0.2) is 0 Å². The van der Waals surface area contributed by atoms with Crippen molar-refractivity contribution in [2.24, 2.45) is 11.8 Å². The van der Waals surface area contributed by atoms with Gasteiger partial charge in [0.05, 0.1) is 6.10 Å². The van der Waals surface area contributed by atoms with E-state index in [-0.39, 0.29) is 11.7 Å². The van der Waals surface area contributed by atoms with E-state index in [1.807, 2.05) is 13.2 Å². The van der Waals surface area contributed by atoms with Crippen LogP contribution in [-0.2, 0) is 11.3 Å². The Bertz CT molecular complexity index is 707. The van der Waals surface area contributed by atoms with E-state index in [1.54, 1.807) is 0 Å². The molecule has 1 aromatic heterocycles. The summed E-state index contributed by atoms with van der Waals surface area (Å²) in [7, 11) is 1.82. The van der Waals surface area contributed by atoms with Gasteiger partial charge in [0, 0.05) is 44.4 Å². The lowest BCUT2D eigenvalue weighted by Crippen LogP contribution is -2.47. The van der Waals surface area contributed by atoms with Gasteiger partial charge in [0.1, 0.15) is 0 Å². The van der Waals surface area contributed by atoms with Gasteiger partial charge in [-0.3, -0.25) is 4.79 Å². The molecule has 0 N–H and O–H groups in total. The molecule has 2 bridgehead atoms. The predicted octanol–water partition coefficient (Wildman–Crippen LogP) is 4.73. The van der Waals surface area contributed by atoms with Crippen LogP contribution in [0.3, 0.4) is 0 Å². The van der Waals surface area contributed by atoms with Crippen molar-refractivity contribution in [1.29, 1.82) is 0 Å². The molecule has 2 fully saturated rings. The molecule has 0 amide bonds. The minimum absolute atomic E-state index is 0.0841. The van der Waals surface area contributed by atoms with Crippen molar-refractivity contribution in [3.63, 3.8) is 0 Å². The molecule has 3 atom stereocenters. The molecule has 3 heterocycles. The first-order chi connectivity index (χ1) is 13.7. The molecule has 4 heteroatoms. The van der Waals surface area contributed by atoms with Crippen LogP contribution in [0.4, 0.5) is 0 Å². The fourth-order valence-corrected chi connectivity index (χ4v) is 6.05. The summed E-state index contributed by atoms with van der Waals surface area (Å²) in [6, 6.07) is 4.22. The number of likely N-dealkylation sites (tertiary alicyclic amines) is 1. The molecule has 1 aromatic rings. The lowest BCUT2D eigenvalue weighted by molar-refractivity contribution is 0.0348. The van der Waals surface area contributed by atoms with Crippen LogP contribution in [-0.4, -0.2) is 36.2 Å². The van der Waals surface area contributed by atoms with Gasteiger partial charge in [-0.15, -0.1) is 0 Å². The Labute approximate surface area is 170 Å². The summed E-state index contributed by atoms with van der Waals surface area (Å²) in [5, 5.41) is 0. The number of fused-ring (bicyclic) bond motifs is 4. The van der Waals surface area contributed by atoms with Gasteiger partial charge in [0.25, 0.3) is 5.56 Å². The van der Waals surface area contributed by atoms with Crippen LogP contribution in [0.15, 0.2) is 16.9 Å². The summed E-state index contributed by atoms with van der Waals surface area (Å²) in [6.07, 6.45) is 11.6. The van der Waals surface area contributed by atoms with Gasteiger partial charge >= 0.3 is 0 Å². The van der Waals surface area contributed by atoms with Crippen molar-refractivity contribution in [2.75, 3.05) is 26.7 Å². The fourth-order valence-electron chi connectivity index (χ4n) is 6.05. The molecule has 1 saturated heterocycles. The Kier molecular flexibility index (Phi) is 6.57. The first-order valence-electron chi connectivity index (χ1n) is 11.7. The molecule has 4 rings (SSSR count). The summed E-state index contributed by atoms with van der Waals surface area (Å²) in [5.74, 6) is 1.70. The largest absolute Gasteiger partial charge is 0.376 e. The minimum Gasteiger partial charge on any atom is -0.376 e. The number of nitrogens with zero attached hydrogens (tertiary/aromatic N) is 2. The number of unbranched alkanes of at least 4 members (excludes halogenated alkanes) is 2. The van der Waals surface area contributed by atoms with Crippen LogP contribution in [0.25, 0.3) is 0 Å². The zero-order chi connectivity index (χ0) is 19.5. The number of hydrogen-bond acceptors (Lipinski definition) is 3. The number of hydrogen-bond donors (Lipinski definition) is 0. The van der Waals surface area contributed by atoms with Crippen LogP contribution in [0.1, 0.15) is 88.0 Å². The fraction of sp³-hybridized carbons (Fsp3) is 0.792. The molecule has 28 heavy (non-hydrogen) atoms. The van der Waals surface area contributed by atoms with Crippen LogP contribution in [0, 0.1) is 11.8 Å². The standard InChI is InChI=1S/C24H38N2O2/c1-3-4-8-11-25-15-18-12-21(17-25)22-13-20(14-23(27)26(22)16-18)24(28-2)19-9-6-5-7-10-19/h13-14,18-19,21,24H,3-12,15-17H2,1-2H3. The number of ether oxygens (including phenoxy) is 1. The molecule has 1 aliphatic carbocycles. The molecular weight excluding hydrogens is 348 g/mol. The first kappa shape index (κ1) is 20.2. The first-order valence-corrected chi connectivity index (χ1v) is 11.7. The van der Waals surface area contributed by atoms with E-state index in [0.29, 0.717) is 17.8 Å². The minimum atomic E-state index is 0.0841. The smallest absolute Gasteiger partial charge is 0.251 e. The molecular formula is C24H38N2O2. The molecule has 0 spiro atoms. The lowest BCUT2D eigenvalue weighted by Gasteiger charge is -2.43. The zero-order valence-corrected chi connectivity index (χ0v) is 17.9. The van der Waals surface area contributed by atoms with E-state index in [0.717, 1.165) is 25.2 Å².